The van der Waals surface area contributed by atoms with Gasteiger partial charge in [-0.1, -0.05) is 11.6 Å². The molecular formula is C15H14ClF2N3O3S. The maximum Gasteiger partial charge on any atom is 0.256 e. The quantitative estimate of drug-likeness (QED) is 0.637. The van der Waals surface area contributed by atoms with Gasteiger partial charge in [-0.25, -0.2) is 22.2 Å². The Balaban J connectivity index is 1.90. The molecule has 1 aliphatic rings. The molecule has 0 unspecified atom stereocenters. The molecule has 6 nitrogen and oxygen atoms in total. The molecule has 0 radical (unpaired) electrons. The van der Waals surface area contributed by atoms with Crippen molar-refractivity contribution in [3.05, 3.63) is 56.0 Å². The Kier molecular flexibility index (Phi) is 4.65. The lowest BCUT2D eigenvalue weighted by Crippen LogP contribution is -2.36. The van der Waals surface area contributed by atoms with Crippen molar-refractivity contribution in [1.29, 1.82) is 0 Å². The number of nitrogens with one attached hydrogen (secondary N) is 1. The van der Waals surface area contributed by atoms with Gasteiger partial charge in [0.25, 0.3) is 5.56 Å². The Morgan fingerprint density at radius 2 is 2.00 bits per heavy atom. The minimum atomic E-state index is -3.63. The lowest BCUT2D eigenvalue weighted by molar-refractivity contribution is 0.237. The highest BCUT2D eigenvalue weighted by Crippen LogP contribution is 2.26. The highest BCUT2D eigenvalue weighted by Gasteiger charge is 2.25. The molecule has 3 rings (SSSR count). The van der Waals surface area contributed by atoms with Gasteiger partial charge in [-0.2, -0.15) is 0 Å². The van der Waals surface area contributed by atoms with Gasteiger partial charge in [0, 0.05) is 37.9 Å². The monoisotopic (exact) mass is 389 g/mol. The topological polar surface area (TPSA) is 83.1 Å². The van der Waals surface area contributed by atoms with Crippen LogP contribution in [0.1, 0.15) is 16.8 Å². The van der Waals surface area contributed by atoms with Gasteiger partial charge < -0.3 is 0 Å². The van der Waals surface area contributed by atoms with Crippen LogP contribution >= 0.6 is 11.6 Å². The van der Waals surface area contributed by atoms with E-state index in [1.807, 2.05) is 0 Å². The van der Waals surface area contributed by atoms with Crippen molar-refractivity contribution in [3.8, 4) is 0 Å². The molecule has 1 aromatic carbocycles. The third-order valence-electron chi connectivity index (χ3n) is 4.00. The summed E-state index contributed by atoms with van der Waals surface area (Å²) in [4.78, 5) is 20.2. The highest BCUT2D eigenvalue weighted by molar-refractivity contribution is 7.90. The molecule has 0 spiro atoms. The molecule has 1 N–H and O–H groups in total. The number of sulfone groups is 1. The molecule has 1 aromatic heterocycles. The summed E-state index contributed by atoms with van der Waals surface area (Å²) in [5, 5.41) is -0.658. The molecule has 0 amide bonds. The molecular weight excluding hydrogens is 376 g/mol. The Labute approximate surface area is 147 Å². The van der Waals surface area contributed by atoms with Gasteiger partial charge in [0.15, 0.2) is 0 Å². The maximum absolute atomic E-state index is 13.9. The number of benzene rings is 1. The molecule has 0 aliphatic carbocycles. The van der Waals surface area contributed by atoms with Crippen LogP contribution in [0.5, 0.6) is 0 Å². The molecule has 0 saturated heterocycles. The number of rotatable bonds is 3. The van der Waals surface area contributed by atoms with Gasteiger partial charge in [0.1, 0.15) is 11.6 Å². The number of fused-ring (bicyclic) bond motifs is 1. The van der Waals surface area contributed by atoms with Gasteiger partial charge in [-0.3, -0.25) is 14.7 Å². The van der Waals surface area contributed by atoms with E-state index < -0.39 is 27.0 Å². The van der Waals surface area contributed by atoms with E-state index in [0.717, 1.165) is 18.4 Å². The second-order valence-corrected chi connectivity index (χ2v) is 8.16. The Morgan fingerprint density at radius 1 is 1.32 bits per heavy atom. The molecule has 0 bridgehead atoms. The minimum absolute atomic E-state index is 0.0160. The van der Waals surface area contributed by atoms with Gasteiger partial charge in [-0.15, -0.1) is 0 Å². The van der Waals surface area contributed by atoms with Crippen molar-refractivity contribution in [2.45, 2.75) is 24.7 Å². The first-order chi connectivity index (χ1) is 11.7. The van der Waals surface area contributed by atoms with Gasteiger partial charge in [-0.05, 0) is 12.1 Å². The average Bonchev–Trinajstić information content (AvgIpc) is 2.54. The fraction of sp³-hybridized carbons (Fsp3) is 0.333. The Bertz CT molecular complexity index is 1010. The predicted molar refractivity (Wildman–Crippen MR) is 87.2 cm³/mol. The normalized spacial score (nSPS) is 15.2. The first-order valence-corrected chi connectivity index (χ1v) is 9.60. The number of nitrogens with zero attached hydrogens (tertiary/aromatic N) is 2. The van der Waals surface area contributed by atoms with E-state index in [0.29, 0.717) is 24.2 Å². The van der Waals surface area contributed by atoms with Gasteiger partial charge in [0.2, 0.25) is 15.0 Å². The number of hydrogen-bond donors (Lipinski definition) is 1. The summed E-state index contributed by atoms with van der Waals surface area (Å²) < 4.78 is 50.6. The van der Waals surface area contributed by atoms with E-state index >= 15 is 0 Å². The van der Waals surface area contributed by atoms with Crippen molar-refractivity contribution in [2.75, 3.05) is 12.8 Å². The predicted octanol–water partition coefficient (Wildman–Crippen LogP) is 1.66. The maximum atomic E-state index is 13.9. The van der Waals surface area contributed by atoms with E-state index in [2.05, 4.69) is 9.97 Å². The average molecular weight is 390 g/mol. The van der Waals surface area contributed by atoms with Crippen LogP contribution in [-0.2, 0) is 29.3 Å². The van der Waals surface area contributed by atoms with Crippen molar-refractivity contribution in [3.63, 3.8) is 0 Å². The summed E-state index contributed by atoms with van der Waals surface area (Å²) in [5.41, 5.74) is 0.168. The first-order valence-electron chi connectivity index (χ1n) is 7.33. The lowest BCUT2D eigenvalue weighted by atomic mass is 10.1. The minimum Gasteiger partial charge on any atom is -0.297 e. The summed E-state index contributed by atoms with van der Waals surface area (Å²) in [5.74, 6) is -1.34. The number of halogens is 3. The zero-order valence-corrected chi connectivity index (χ0v) is 14.7. The SMILES string of the molecule is CS(=O)(=O)c1nc2c(c(=O)[nH]1)CN(Cc1c(F)ccc(F)c1Cl)CC2. The van der Waals surface area contributed by atoms with Crippen LogP contribution in [0.15, 0.2) is 22.1 Å². The summed E-state index contributed by atoms with van der Waals surface area (Å²) in [6.07, 6.45) is 1.28. The molecule has 2 heterocycles. The molecule has 0 saturated carbocycles. The molecule has 1 aliphatic heterocycles. The summed E-state index contributed by atoms with van der Waals surface area (Å²) in [6, 6.07) is 1.95. The molecule has 0 fully saturated rings. The van der Waals surface area contributed by atoms with Crippen LogP contribution in [0, 0.1) is 11.6 Å². The number of aromatic nitrogens is 2. The third-order valence-corrected chi connectivity index (χ3v) is 5.30. The fourth-order valence-corrected chi connectivity index (χ4v) is 3.47. The van der Waals surface area contributed by atoms with Crippen molar-refractivity contribution >= 4 is 21.4 Å². The van der Waals surface area contributed by atoms with Crippen LogP contribution in [0.25, 0.3) is 0 Å². The van der Waals surface area contributed by atoms with E-state index in [9.17, 15) is 22.0 Å². The van der Waals surface area contributed by atoms with Crippen molar-refractivity contribution in [2.24, 2.45) is 0 Å². The summed E-state index contributed by atoms with van der Waals surface area (Å²) in [7, 11) is -3.63. The van der Waals surface area contributed by atoms with Gasteiger partial charge >= 0.3 is 0 Å². The third kappa shape index (κ3) is 3.58. The second-order valence-electron chi connectivity index (χ2n) is 5.85. The van der Waals surface area contributed by atoms with Crippen molar-refractivity contribution in [1.82, 2.24) is 14.9 Å². The number of H-pyrrole nitrogens is 1. The first kappa shape index (κ1) is 18.0. The van der Waals surface area contributed by atoms with Crippen LogP contribution in [0.4, 0.5) is 8.78 Å². The molecule has 10 heteroatoms. The zero-order valence-electron chi connectivity index (χ0n) is 13.1. The van der Waals surface area contributed by atoms with Gasteiger partial charge in [0.05, 0.1) is 16.3 Å². The standard InChI is InChI=1S/C15H14ClF2N3O3S/c1-25(23,24)15-19-12-4-5-21(7-9(12)14(22)20-15)6-8-10(17)2-3-11(18)13(8)16/h2-3H,4-7H2,1H3,(H,19,20,22). The summed E-state index contributed by atoms with van der Waals surface area (Å²) in [6.45, 7) is 0.558. The highest BCUT2D eigenvalue weighted by atomic mass is 35.5. The second kappa shape index (κ2) is 6.47. The van der Waals surface area contributed by atoms with Crippen LogP contribution in [0.3, 0.4) is 0 Å². The van der Waals surface area contributed by atoms with E-state index in [4.69, 9.17) is 11.6 Å². The van der Waals surface area contributed by atoms with Crippen LogP contribution in [0.2, 0.25) is 5.02 Å². The van der Waals surface area contributed by atoms with E-state index in [1.54, 1.807) is 4.90 Å². The van der Waals surface area contributed by atoms with Crippen molar-refractivity contribution < 1.29 is 17.2 Å². The van der Waals surface area contributed by atoms with Crippen LogP contribution < -0.4 is 5.56 Å². The van der Waals surface area contributed by atoms with E-state index in [-0.39, 0.29) is 28.8 Å². The van der Waals surface area contributed by atoms with Crippen LogP contribution in [-0.4, -0.2) is 36.1 Å². The largest absolute Gasteiger partial charge is 0.297 e. The van der Waals surface area contributed by atoms with E-state index in [1.165, 1.54) is 0 Å². The number of hydrogen-bond acceptors (Lipinski definition) is 5. The zero-order chi connectivity index (χ0) is 18.4. The Morgan fingerprint density at radius 3 is 2.68 bits per heavy atom. The molecule has 0 atom stereocenters. The fourth-order valence-electron chi connectivity index (χ4n) is 2.71. The Hall–Kier alpha value is -1.84. The lowest BCUT2D eigenvalue weighted by Gasteiger charge is -2.28. The molecule has 25 heavy (non-hydrogen) atoms. The molecule has 2 aromatic rings. The summed E-state index contributed by atoms with van der Waals surface area (Å²) >= 11 is 5.83. The number of aromatic amines is 1. The smallest absolute Gasteiger partial charge is 0.256 e. The molecule has 134 valence electrons.